The molecular formula is C24H24F3NO9. The van der Waals surface area contributed by atoms with Gasteiger partial charge in [0.25, 0.3) is 0 Å². The maximum absolute atomic E-state index is 12.8. The monoisotopic (exact) mass is 527 g/mol. The number of alkyl halides is 3. The van der Waals surface area contributed by atoms with Crippen LogP contribution >= 0.6 is 0 Å². The Morgan fingerprint density at radius 2 is 1.68 bits per heavy atom. The molecule has 10 nitrogen and oxygen atoms in total. The van der Waals surface area contributed by atoms with E-state index in [0.717, 1.165) is 12.2 Å². The molecule has 1 heterocycles. The van der Waals surface area contributed by atoms with Crippen LogP contribution in [-0.4, -0.2) is 69.3 Å². The maximum Gasteiger partial charge on any atom is 0.471 e. The lowest BCUT2D eigenvalue weighted by Gasteiger charge is -2.41. The van der Waals surface area contributed by atoms with Gasteiger partial charge in [0.05, 0.1) is 29.4 Å². The van der Waals surface area contributed by atoms with Crippen LogP contribution in [0.1, 0.15) is 64.6 Å². The third-order valence-electron chi connectivity index (χ3n) is 6.91. The van der Waals surface area contributed by atoms with Gasteiger partial charge in [-0.1, -0.05) is 0 Å². The average Bonchev–Trinajstić information content (AvgIpc) is 2.80. The quantitative estimate of drug-likeness (QED) is 0.428. The van der Waals surface area contributed by atoms with Crippen molar-refractivity contribution in [3.8, 4) is 11.5 Å². The zero-order valence-corrected chi connectivity index (χ0v) is 19.7. The first-order valence-corrected chi connectivity index (χ1v) is 11.4. The predicted octanol–water partition coefficient (Wildman–Crippen LogP) is 1.78. The highest BCUT2D eigenvalue weighted by molar-refractivity contribution is 6.24. The molecular weight excluding hydrogens is 503 g/mol. The molecule has 4 N–H and O–H groups in total. The number of fused-ring (bicyclic) bond motifs is 2. The van der Waals surface area contributed by atoms with Gasteiger partial charge in [-0.3, -0.25) is 19.2 Å². The number of aromatic hydroxyl groups is 2. The topological polar surface area (TPSA) is 159 Å². The van der Waals surface area contributed by atoms with E-state index >= 15 is 0 Å². The van der Waals surface area contributed by atoms with Crippen LogP contribution in [0.25, 0.3) is 0 Å². The van der Waals surface area contributed by atoms with Gasteiger partial charge < -0.3 is 30.1 Å². The number of Topliss-reactive ketones (excluding diaryl/α,β-unsaturated/α-hetero) is 1. The molecule has 5 unspecified atom stereocenters. The molecule has 4 rings (SSSR count). The highest BCUT2D eigenvalue weighted by Crippen LogP contribution is 2.50. The Morgan fingerprint density at radius 3 is 2.24 bits per heavy atom. The zero-order valence-electron chi connectivity index (χ0n) is 19.7. The second-order valence-corrected chi connectivity index (χ2v) is 9.35. The molecule has 0 spiro atoms. The van der Waals surface area contributed by atoms with E-state index in [1.807, 2.05) is 0 Å². The second kappa shape index (κ2) is 9.54. The number of carbonyl (C=O) groups is 4. The van der Waals surface area contributed by atoms with Crippen LogP contribution in [0.4, 0.5) is 13.2 Å². The molecule has 200 valence electrons. The number of hydrogen-bond acceptors (Lipinski definition) is 9. The van der Waals surface area contributed by atoms with E-state index in [0.29, 0.717) is 0 Å². The number of aliphatic hydroxyl groups excluding tert-OH is 1. The van der Waals surface area contributed by atoms with Gasteiger partial charge in [-0.05, 0) is 38.8 Å². The van der Waals surface area contributed by atoms with Crippen molar-refractivity contribution in [3.63, 3.8) is 0 Å². The number of ether oxygens (including phenoxy) is 2. The van der Waals surface area contributed by atoms with Gasteiger partial charge in [-0.15, -0.1) is 0 Å². The van der Waals surface area contributed by atoms with E-state index in [2.05, 4.69) is 0 Å². The van der Waals surface area contributed by atoms with E-state index < -0.39 is 89.3 Å². The lowest BCUT2D eigenvalue weighted by Crippen LogP contribution is -2.57. The Hall–Kier alpha value is -3.29. The van der Waals surface area contributed by atoms with Crippen molar-refractivity contribution in [2.24, 2.45) is 5.92 Å². The molecule has 1 saturated heterocycles. The van der Waals surface area contributed by atoms with Gasteiger partial charge in [-0.2, -0.15) is 13.2 Å². The van der Waals surface area contributed by atoms with Crippen molar-refractivity contribution < 1.29 is 57.1 Å². The summed E-state index contributed by atoms with van der Waals surface area (Å²) in [7, 11) is 0. The molecule has 1 aliphatic heterocycles. The molecule has 1 fully saturated rings. The van der Waals surface area contributed by atoms with Crippen molar-refractivity contribution in [1.82, 2.24) is 5.32 Å². The van der Waals surface area contributed by atoms with Crippen LogP contribution in [0.5, 0.6) is 11.5 Å². The van der Waals surface area contributed by atoms with Crippen molar-refractivity contribution in [1.29, 1.82) is 0 Å². The van der Waals surface area contributed by atoms with Gasteiger partial charge in [-0.25, -0.2) is 0 Å². The third kappa shape index (κ3) is 4.86. The molecule has 0 aromatic heterocycles. The Bertz CT molecular complexity index is 1210. The van der Waals surface area contributed by atoms with Crippen molar-refractivity contribution >= 4 is 23.3 Å². The fraction of sp³-hybridized carbons (Fsp3) is 0.500. The van der Waals surface area contributed by atoms with Crippen LogP contribution in [-0.2, 0) is 25.5 Å². The summed E-state index contributed by atoms with van der Waals surface area (Å²) in [5.74, 6) is -5.92. The number of ketones is 3. The maximum atomic E-state index is 12.8. The number of allylic oxidation sites excluding steroid dienone is 2. The fourth-order valence-corrected chi connectivity index (χ4v) is 5.00. The number of phenolic OH excluding ortho intramolecular Hbond substituents is 2. The minimum absolute atomic E-state index is 0.0231. The number of carbonyl (C=O) groups excluding carboxylic acids is 4. The average molecular weight is 527 g/mol. The summed E-state index contributed by atoms with van der Waals surface area (Å²) in [4.78, 5) is 48.6. The van der Waals surface area contributed by atoms with Crippen LogP contribution in [0.15, 0.2) is 12.2 Å². The van der Waals surface area contributed by atoms with E-state index in [1.54, 1.807) is 5.32 Å². The van der Waals surface area contributed by atoms with Gasteiger partial charge in [0.2, 0.25) is 0 Å². The van der Waals surface area contributed by atoms with Crippen LogP contribution in [0.3, 0.4) is 0 Å². The minimum Gasteiger partial charge on any atom is -0.507 e. The summed E-state index contributed by atoms with van der Waals surface area (Å²) < 4.78 is 49.8. The molecule has 0 bridgehead atoms. The minimum atomic E-state index is -5.19. The van der Waals surface area contributed by atoms with Crippen molar-refractivity contribution in [2.45, 2.75) is 69.9 Å². The number of halogens is 3. The Morgan fingerprint density at radius 1 is 1.08 bits per heavy atom. The first-order valence-electron chi connectivity index (χ1n) is 11.4. The highest BCUT2D eigenvalue weighted by Gasteiger charge is 2.46. The summed E-state index contributed by atoms with van der Waals surface area (Å²) in [6, 6.07) is -1.40. The van der Waals surface area contributed by atoms with E-state index in [1.165, 1.54) is 13.8 Å². The van der Waals surface area contributed by atoms with Gasteiger partial charge in [0, 0.05) is 23.5 Å². The number of nitrogens with one attached hydrogen (secondary N) is 1. The smallest absolute Gasteiger partial charge is 0.471 e. The van der Waals surface area contributed by atoms with Gasteiger partial charge in [0.15, 0.2) is 17.9 Å². The first-order chi connectivity index (χ1) is 17.2. The van der Waals surface area contributed by atoms with E-state index in [-0.39, 0.29) is 29.8 Å². The molecule has 0 saturated carbocycles. The number of benzene rings is 1. The van der Waals surface area contributed by atoms with E-state index in [9.17, 15) is 47.7 Å². The van der Waals surface area contributed by atoms with Crippen molar-refractivity contribution in [2.75, 3.05) is 0 Å². The number of amides is 1. The molecule has 1 amide bonds. The molecule has 1 aromatic carbocycles. The lowest BCUT2D eigenvalue weighted by molar-refractivity contribution is -0.247. The fourth-order valence-electron chi connectivity index (χ4n) is 5.00. The molecule has 3 aliphatic rings. The Kier molecular flexibility index (Phi) is 6.90. The van der Waals surface area contributed by atoms with Crippen LogP contribution in [0, 0.1) is 5.92 Å². The van der Waals surface area contributed by atoms with Gasteiger partial charge in [0.1, 0.15) is 23.4 Å². The number of phenols is 2. The molecule has 37 heavy (non-hydrogen) atoms. The number of aliphatic hydroxyl groups is 1. The molecule has 13 heteroatoms. The van der Waals surface area contributed by atoms with Crippen molar-refractivity contribution in [3.05, 3.63) is 34.4 Å². The summed E-state index contributed by atoms with van der Waals surface area (Å²) in [6.45, 7) is 2.66. The first kappa shape index (κ1) is 26.8. The lowest BCUT2D eigenvalue weighted by atomic mass is 9.76. The predicted molar refractivity (Wildman–Crippen MR) is 117 cm³/mol. The number of hydrogen-bond donors (Lipinski definition) is 4. The van der Waals surface area contributed by atoms with Crippen LogP contribution in [0.2, 0.25) is 0 Å². The SMILES string of the molecule is CC(=O)C1Cc2c(O)c3c(c(O)c2[C@@H](OC2CC(NC(=O)C(F)(F)F)C(O)C(C)O2)C1)C(=O)C=CC3=O. The second-order valence-electron chi connectivity index (χ2n) is 9.35. The van der Waals surface area contributed by atoms with E-state index in [4.69, 9.17) is 9.47 Å². The molecule has 0 radical (unpaired) electrons. The number of rotatable bonds is 4. The molecule has 1 aromatic rings. The Balaban J connectivity index is 1.70. The zero-order chi connectivity index (χ0) is 27.4. The highest BCUT2D eigenvalue weighted by atomic mass is 19.4. The summed E-state index contributed by atoms with van der Waals surface area (Å²) in [5, 5.41) is 33.9. The summed E-state index contributed by atoms with van der Waals surface area (Å²) in [5.41, 5.74) is -0.854. The standard InChI is InChI=1S/C24H24F3NO9/c1-8(29)10-5-11-17(22(34)19-14(31)4-3-13(30)18(19)21(11)33)15(6-10)37-16-7-12(20(32)9(2)36-16)28-23(35)24(25,26)27/h3-4,9-10,12,15-16,20,32-34H,5-7H2,1-2H3,(H,28,35)/t9?,10?,12?,15-,16?,20?/m0/s1. The largest absolute Gasteiger partial charge is 0.507 e. The normalized spacial score (nSPS) is 29.5. The molecule has 2 aliphatic carbocycles. The van der Waals surface area contributed by atoms with Crippen LogP contribution < -0.4 is 5.32 Å². The Labute approximate surface area is 208 Å². The van der Waals surface area contributed by atoms with Gasteiger partial charge >= 0.3 is 12.1 Å². The molecule has 6 atom stereocenters. The third-order valence-corrected chi connectivity index (χ3v) is 6.91. The summed E-state index contributed by atoms with van der Waals surface area (Å²) >= 11 is 0. The summed E-state index contributed by atoms with van der Waals surface area (Å²) in [6.07, 6.45) is -8.87.